The van der Waals surface area contributed by atoms with Crippen LogP contribution >= 0.6 is 11.6 Å². The molecule has 0 heterocycles. The van der Waals surface area contributed by atoms with Gasteiger partial charge < -0.3 is 4.90 Å². The molecule has 0 aromatic rings. The lowest BCUT2D eigenvalue weighted by Crippen LogP contribution is -2.27. The molecule has 1 rings (SSSR count). The Hall–Kier alpha value is -0.240. The lowest BCUT2D eigenvalue weighted by molar-refractivity contribution is 0.222. The molecule has 0 aromatic carbocycles. The van der Waals surface area contributed by atoms with Crippen molar-refractivity contribution in [2.24, 2.45) is 5.92 Å². The van der Waals surface area contributed by atoms with E-state index in [0.29, 0.717) is 0 Å². The molecule has 0 atom stereocenters. The van der Waals surface area contributed by atoms with E-state index in [-0.39, 0.29) is 5.37 Å². The summed E-state index contributed by atoms with van der Waals surface area (Å²) in [5.41, 5.74) is 0. The van der Waals surface area contributed by atoms with Gasteiger partial charge in [0.05, 0.1) is 0 Å². The molecule has 0 N–H and O–H groups in total. The summed E-state index contributed by atoms with van der Waals surface area (Å²) in [6.45, 7) is 3.54. The normalized spacial score (nSPS) is 17.0. The van der Waals surface area contributed by atoms with E-state index >= 15 is 0 Å². The quantitative estimate of drug-likeness (QED) is 0.459. The average molecular weight is 162 g/mol. The zero-order chi connectivity index (χ0) is 7.56. The van der Waals surface area contributed by atoms with Crippen molar-refractivity contribution >= 4 is 17.0 Å². The fraction of sp³-hybridized carbons (Fsp3) is 0.857. The fourth-order valence-electron chi connectivity index (χ4n) is 0.937. The van der Waals surface area contributed by atoms with Crippen LogP contribution in [0.5, 0.6) is 0 Å². The van der Waals surface area contributed by atoms with Crippen molar-refractivity contribution in [3.63, 3.8) is 0 Å². The first-order chi connectivity index (χ1) is 4.74. The second kappa shape index (κ2) is 3.24. The van der Waals surface area contributed by atoms with E-state index in [9.17, 15) is 4.79 Å². The maximum Gasteiger partial charge on any atom is 0.316 e. The highest BCUT2D eigenvalue weighted by Gasteiger charge is 2.24. The Morgan fingerprint density at radius 2 is 2.30 bits per heavy atom. The van der Waals surface area contributed by atoms with E-state index in [1.807, 2.05) is 6.92 Å². The molecule has 0 aromatic heterocycles. The standard InChI is InChI=1S/C7H12ClNO/c1-2-9(7(8)10)5-6-3-4-6/h6H,2-5H2,1H3. The summed E-state index contributed by atoms with van der Waals surface area (Å²) < 4.78 is 0. The molecule has 58 valence electrons. The molecule has 0 bridgehead atoms. The van der Waals surface area contributed by atoms with Gasteiger partial charge in [-0.15, -0.1) is 0 Å². The largest absolute Gasteiger partial charge is 0.329 e. The van der Waals surface area contributed by atoms with Gasteiger partial charge in [0, 0.05) is 13.1 Å². The van der Waals surface area contributed by atoms with Gasteiger partial charge in [0.1, 0.15) is 0 Å². The molecule has 10 heavy (non-hydrogen) atoms. The predicted octanol–water partition coefficient (Wildman–Crippen LogP) is 2.08. The Labute approximate surface area is 66.1 Å². The van der Waals surface area contributed by atoms with Crippen molar-refractivity contribution in [3.05, 3.63) is 0 Å². The summed E-state index contributed by atoms with van der Waals surface area (Å²) in [6, 6.07) is 0. The Morgan fingerprint density at radius 1 is 1.70 bits per heavy atom. The van der Waals surface area contributed by atoms with Crippen LogP contribution in [0.2, 0.25) is 0 Å². The number of amides is 1. The van der Waals surface area contributed by atoms with Gasteiger partial charge in [-0.2, -0.15) is 0 Å². The van der Waals surface area contributed by atoms with E-state index < -0.39 is 0 Å². The van der Waals surface area contributed by atoms with Crippen molar-refractivity contribution in [1.82, 2.24) is 4.90 Å². The van der Waals surface area contributed by atoms with Crippen LogP contribution in [0.4, 0.5) is 4.79 Å². The zero-order valence-corrected chi connectivity index (χ0v) is 6.90. The lowest BCUT2D eigenvalue weighted by Gasteiger charge is -2.15. The Morgan fingerprint density at radius 3 is 2.60 bits per heavy atom. The molecule has 1 fully saturated rings. The van der Waals surface area contributed by atoms with E-state index in [0.717, 1.165) is 19.0 Å². The molecule has 0 spiro atoms. The average Bonchev–Trinajstić information content (AvgIpc) is 2.64. The lowest BCUT2D eigenvalue weighted by atomic mass is 10.4. The van der Waals surface area contributed by atoms with Crippen LogP contribution < -0.4 is 0 Å². The van der Waals surface area contributed by atoms with Crippen LogP contribution in [-0.4, -0.2) is 23.4 Å². The van der Waals surface area contributed by atoms with Crippen LogP contribution in [0.3, 0.4) is 0 Å². The summed E-state index contributed by atoms with van der Waals surface area (Å²) in [5, 5.41) is -0.311. The van der Waals surface area contributed by atoms with Gasteiger partial charge >= 0.3 is 5.37 Å². The maximum atomic E-state index is 10.6. The summed E-state index contributed by atoms with van der Waals surface area (Å²) in [5.74, 6) is 0.739. The second-order valence-corrected chi connectivity index (χ2v) is 3.06. The topological polar surface area (TPSA) is 20.3 Å². The number of nitrogens with zero attached hydrogens (tertiary/aromatic N) is 1. The molecule has 2 nitrogen and oxygen atoms in total. The Balaban J connectivity index is 2.24. The minimum absolute atomic E-state index is 0.311. The summed E-state index contributed by atoms with van der Waals surface area (Å²) >= 11 is 5.30. The molecule has 1 aliphatic carbocycles. The van der Waals surface area contributed by atoms with E-state index in [1.165, 1.54) is 12.8 Å². The van der Waals surface area contributed by atoms with Gasteiger partial charge in [0.15, 0.2) is 0 Å². The maximum absolute atomic E-state index is 10.6. The number of hydrogen-bond acceptors (Lipinski definition) is 1. The highest BCUT2D eigenvalue weighted by molar-refractivity contribution is 6.62. The van der Waals surface area contributed by atoms with Crippen molar-refractivity contribution in [3.8, 4) is 0 Å². The van der Waals surface area contributed by atoms with E-state index in [2.05, 4.69) is 0 Å². The van der Waals surface area contributed by atoms with E-state index in [4.69, 9.17) is 11.6 Å². The molecule has 1 aliphatic rings. The van der Waals surface area contributed by atoms with Gasteiger partial charge in [0.2, 0.25) is 0 Å². The summed E-state index contributed by atoms with van der Waals surface area (Å²) in [4.78, 5) is 12.3. The third-order valence-corrected chi connectivity index (χ3v) is 2.04. The highest BCUT2D eigenvalue weighted by Crippen LogP contribution is 2.29. The Bertz CT molecular complexity index is 134. The molecule has 0 radical (unpaired) electrons. The zero-order valence-electron chi connectivity index (χ0n) is 6.14. The Kier molecular flexibility index (Phi) is 2.55. The summed E-state index contributed by atoms with van der Waals surface area (Å²) in [7, 11) is 0. The van der Waals surface area contributed by atoms with Crippen LogP contribution in [-0.2, 0) is 0 Å². The number of hydrogen-bond donors (Lipinski definition) is 0. The monoisotopic (exact) mass is 161 g/mol. The van der Waals surface area contributed by atoms with Gasteiger partial charge in [0.25, 0.3) is 0 Å². The third-order valence-electron chi connectivity index (χ3n) is 1.81. The number of carbonyl (C=O) groups is 1. The molecule has 0 saturated heterocycles. The van der Waals surface area contributed by atoms with Crippen molar-refractivity contribution in [2.75, 3.05) is 13.1 Å². The minimum Gasteiger partial charge on any atom is -0.329 e. The van der Waals surface area contributed by atoms with Crippen LogP contribution in [0.15, 0.2) is 0 Å². The molecular formula is C7H12ClNO. The fourth-order valence-corrected chi connectivity index (χ4v) is 1.13. The molecule has 0 aliphatic heterocycles. The van der Waals surface area contributed by atoms with Gasteiger partial charge in [-0.1, -0.05) is 0 Å². The third kappa shape index (κ3) is 2.18. The molecular weight excluding hydrogens is 150 g/mol. The number of carbonyl (C=O) groups excluding carboxylic acids is 1. The molecule has 3 heteroatoms. The molecule has 1 amide bonds. The SMILES string of the molecule is CCN(CC1CC1)C(=O)Cl. The van der Waals surface area contributed by atoms with Crippen molar-refractivity contribution in [2.45, 2.75) is 19.8 Å². The van der Waals surface area contributed by atoms with Gasteiger partial charge in [-0.3, -0.25) is 4.79 Å². The van der Waals surface area contributed by atoms with Crippen molar-refractivity contribution < 1.29 is 4.79 Å². The second-order valence-electron chi connectivity index (χ2n) is 2.73. The first kappa shape index (κ1) is 7.86. The van der Waals surface area contributed by atoms with Gasteiger partial charge in [-0.25, -0.2) is 0 Å². The smallest absolute Gasteiger partial charge is 0.316 e. The van der Waals surface area contributed by atoms with Crippen LogP contribution in [0, 0.1) is 5.92 Å². The summed E-state index contributed by atoms with van der Waals surface area (Å²) in [6.07, 6.45) is 2.53. The first-order valence-electron chi connectivity index (χ1n) is 3.68. The van der Waals surface area contributed by atoms with E-state index in [1.54, 1.807) is 4.90 Å². The van der Waals surface area contributed by atoms with Crippen LogP contribution in [0.25, 0.3) is 0 Å². The molecule has 1 saturated carbocycles. The van der Waals surface area contributed by atoms with Crippen molar-refractivity contribution in [1.29, 1.82) is 0 Å². The number of rotatable bonds is 3. The van der Waals surface area contributed by atoms with Crippen LogP contribution in [0.1, 0.15) is 19.8 Å². The first-order valence-corrected chi connectivity index (χ1v) is 4.06. The highest BCUT2D eigenvalue weighted by atomic mass is 35.5. The van der Waals surface area contributed by atoms with Gasteiger partial charge in [-0.05, 0) is 37.3 Å². The molecule has 0 unspecified atom stereocenters. The minimum atomic E-state index is -0.311. The number of halogens is 1. The predicted molar refractivity (Wildman–Crippen MR) is 41.2 cm³/mol.